The van der Waals surface area contributed by atoms with E-state index in [0.29, 0.717) is 17.2 Å². The maximum absolute atomic E-state index is 8.86. The van der Waals surface area contributed by atoms with E-state index in [0.717, 1.165) is 0 Å². The van der Waals surface area contributed by atoms with Gasteiger partial charge in [-0.2, -0.15) is 5.26 Å². The maximum atomic E-state index is 8.86. The predicted octanol–water partition coefficient (Wildman–Crippen LogP) is 1.73. The SMILES string of the molecule is COc1ccc(Oc2nccnc2C#N)cc1N. The van der Waals surface area contributed by atoms with E-state index in [4.69, 9.17) is 20.5 Å². The molecule has 0 saturated carbocycles. The first kappa shape index (κ1) is 11.7. The van der Waals surface area contributed by atoms with E-state index in [2.05, 4.69) is 9.97 Å². The fraction of sp³-hybridized carbons (Fsp3) is 0.0833. The second-order valence-electron chi connectivity index (χ2n) is 3.33. The summed E-state index contributed by atoms with van der Waals surface area (Å²) >= 11 is 0. The highest BCUT2D eigenvalue weighted by Crippen LogP contribution is 2.29. The van der Waals surface area contributed by atoms with Gasteiger partial charge in [-0.3, -0.25) is 0 Å². The zero-order valence-corrected chi connectivity index (χ0v) is 9.62. The molecule has 2 aromatic rings. The molecule has 0 fully saturated rings. The van der Waals surface area contributed by atoms with Crippen molar-refractivity contribution in [1.82, 2.24) is 9.97 Å². The summed E-state index contributed by atoms with van der Waals surface area (Å²) in [6.45, 7) is 0. The number of aromatic nitrogens is 2. The monoisotopic (exact) mass is 242 g/mol. The Kier molecular flexibility index (Phi) is 3.25. The van der Waals surface area contributed by atoms with Crippen molar-refractivity contribution in [2.24, 2.45) is 0 Å². The molecule has 0 bridgehead atoms. The number of hydrogen-bond donors (Lipinski definition) is 1. The average molecular weight is 242 g/mol. The molecular weight excluding hydrogens is 232 g/mol. The number of anilines is 1. The molecule has 6 nitrogen and oxygen atoms in total. The van der Waals surface area contributed by atoms with E-state index in [9.17, 15) is 0 Å². The molecule has 0 amide bonds. The number of methoxy groups -OCH3 is 1. The predicted molar refractivity (Wildman–Crippen MR) is 64.2 cm³/mol. The van der Waals surface area contributed by atoms with Crippen LogP contribution in [0.25, 0.3) is 0 Å². The van der Waals surface area contributed by atoms with Crippen molar-refractivity contribution < 1.29 is 9.47 Å². The molecule has 6 heteroatoms. The van der Waals surface area contributed by atoms with Gasteiger partial charge < -0.3 is 15.2 Å². The van der Waals surface area contributed by atoms with Crippen LogP contribution < -0.4 is 15.2 Å². The number of nitrogens with zero attached hydrogens (tertiary/aromatic N) is 3. The molecule has 0 spiro atoms. The molecule has 1 aromatic carbocycles. The van der Waals surface area contributed by atoms with E-state index in [-0.39, 0.29) is 11.6 Å². The van der Waals surface area contributed by atoms with Gasteiger partial charge in [-0.1, -0.05) is 0 Å². The molecule has 1 heterocycles. The summed E-state index contributed by atoms with van der Waals surface area (Å²) in [5.74, 6) is 1.16. The first-order valence-electron chi connectivity index (χ1n) is 5.07. The smallest absolute Gasteiger partial charge is 0.256 e. The Labute approximate surface area is 104 Å². The minimum absolute atomic E-state index is 0.117. The minimum atomic E-state index is 0.117. The van der Waals surface area contributed by atoms with Gasteiger partial charge in [0, 0.05) is 18.5 Å². The molecule has 0 saturated heterocycles. The van der Waals surface area contributed by atoms with Crippen LogP contribution in [0.4, 0.5) is 5.69 Å². The summed E-state index contributed by atoms with van der Waals surface area (Å²) in [5, 5.41) is 8.86. The minimum Gasteiger partial charge on any atom is -0.495 e. The van der Waals surface area contributed by atoms with Crippen LogP contribution in [-0.2, 0) is 0 Å². The lowest BCUT2D eigenvalue weighted by molar-refractivity contribution is 0.414. The van der Waals surface area contributed by atoms with Crippen LogP contribution in [0, 0.1) is 11.3 Å². The molecule has 1 aromatic heterocycles. The lowest BCUT2D eigenvalue weighted by atomic mass is 10.3. The number of benzene rings is 1. The van der Waals surface area contributed by atoms with E-state index >= 15 is 0 Å². The van der Waals surface area contributed by atoms with Crippen LogP contribution in [0.2, 0.25) is 0 Å². The fourth-order valence-corrected chi connectivity index (χ4v) is 1.36. The number of nitrogens with two attached hydrogens (primary N) is 1. The topological polar surface area (TPSA) is 94.0 Å². The van der Waals surface area contributed by atoms with Crippen molar-refractivity contribution in [2.45, 2.75) is 0 Å². The van der Waals surface area contributed by atoms with Gasteiger partial charge in [0.1, 0.15) is 17.6 Å². The molecule has 18 heavy (non-hydrogen) atoms. The molecule has 2 rings (SSSR count). The van der Waals surface area contributed by atoms with Crippen molar-refractivity contribution in [3.63, 3.8) is 0 Å². The molecule has 0 aliphatic heterocycles. The number of ether oxygens (including phenoxy) is 2. The second kappa shape index (κ2) is 5.01. The Hall–Kier alpha value is -2.81. The highest BCUT2D eigenvalue weighted by molar-refractivity contribution is 5.56. The summed E-state index contributed by atoms with van der Waals surface area (Å²) < 4.78 is 10.5. The lowest BCUT2D eigenvalue weighted by Gasteiger charge is -2.08. The quantitative estimate of drug-likeness (QED) is 0.823. The zero-order valence-electron chi connectivity index (χ0n) is 9.62. The van der Waals surface area contributed by atoms with Gasteiger partial charge in [-0.25, -0.2) is 9.97 Å². The molecule has 0 aliphatic rings. The van der Waals surface area contributed by atoms with Crippen LogP contribution in [0.1, 0.15) is 5.69 Å². The number of hydrogen-bond acceptors (Lipinski definition) is 6. The first-order valence-corrected chi connectivity index (χ1v) is 5.07. The molecule has 2 N–H and O–H groups in total. The van der Waals surface area contributed by atoms with Gasteiger partial charge in [0.15, 0.2) is 0 Å². The zero-order chi connectivity index (χ0) is 13.0. The normalized spacial score (nSPS) is 9.56. The Morgan fingerprint density at radius 1 is 1.28 bits per heavy atom. The van der Waals surface area contributed by atoms with Crippen molar-refractivity contribution >= 4 is 5.69 Å². The van der Waals surface area contributed by atoms with Gasteiger partial charge in [-0.05, 0) is 12.1 Å². The molecule has 0 radical (unpaired) electrons. The second-order valence-corrected chi connectivity index (χ2v) is 3.33. The Morgan fingerprint density at radius 3 is 2.72 bits per heavy atom. The van der Waals surface area contributed by atoms with Crippen LogP contribution in [0.5, 0.6) is 17.4 Å². The summed E-state index contributed by atoms with van der Waals surface area (Å²) in [7, 11) is 1.53. The third-order valence-corrected chi connectivity index (χ3v) is 2.19. The fourth-order valence-electron chi connectivity index (χ4n) is 1.36. The van der Waals surface area contributed by atoms with Crippen LogP contribution >= 0.6 is 0 Å². The third-order valence-electron chi connectivity index (χ3n) is 2.19. The van der Waals surface area contributed by atoms with Gasteiger partial charge >= 0.3 is 0 Å². The Bertz CT molecular complexity index is 607. The molecule has 0 atom stereocenters. The number of nitriles is 1. The number of rotatable bonds is 3. The molecular formula is C12H10N4O2. The summed E-state index contributed by atoms with van der Waals surface area (Å²) in [6, 6.07) is 6.84. The lowest BCUT2D eigenvalue weighted by Crippen LogP contribution is -1.96. The van der Waals surface area contributed by atoms with E-state index in [1.165, 1.54) is 19.5 Å². The van der Waals surface area contributed by atoms with Crippen molar-refractivity contribution in [1.29, 1.82) is 5.26 Å². The maximum Gasteiger partial charge on any atom is 0.256 e. The van der Waals surface area contributed by atoms with E-state index < -0.39 is 0 Å². The highest BCUT2D eigenvalue weighted by atomic mass is 16.5. The van der Waals surface area contributed by atoms with Crippen molar-refractivity contribution in [2.75, 3.05) is 12.8 Å². The summed E-state index contributed by atoms with van der Waals surface area (Å²) in [5.41, 5.74) is 6.31. The van der Waals surface area contributed by atoms with Crippen LogP contribution in [0.15, 0.2) is 30.6 Å². The van der Waals surface area contributed by atoms with Crippen LogP contribution in [-0.4, -0.2) is 17.1 Å². The molecule has 90 valence electrons. The van der Waals surface area contributed by atoms with Gasteiger partial charge in [-0.15, -0.1) is 0 Å². The molecule has 0 unspecified atom stereocenters. The van der Waals surface area contributed by atoms with Gasteiger partial charge in [0.2, 0.25) is 5.69 Å². The number of nitrogen functional groups attached to an aromatic ring is 1. The van der Waals surface area contributed by atoms with Gasteiger partial charge in [0.05, 0.1) is 12.8 Å². The summed E-state index contributed by atoms with van der Waals surface area (Å²) in [4.78, 5) is 7.78. The highest BCUT2D eigenvalue weighted by Gasteiger charge is 2.08. The average Bonchev–Trinajstić information content (AvgIpc) is 2.39. The summed E-state index contributed by atoms with van der Waals surface area (Å²) in [6.07, 6.45) is 2.87. The van der Waals surface area contributed by atoms with E-state index in [1.807, 2.05) is 6.07 Å². The molecule has 0 aliphatic carbocycles. The standard InChI is InChI=1S/C12H10N4O2/c1-17-11-3-2-8(6-9(11)14)18-12-10(7-13)15-4-5-16-12/h2-6H,14H2,1H3. The third kappa shape index (κ3) is 2.30. The van der Waals surface area contributed by atoms with Crippen LogP contribution in [0.3, 0.4) is 0 Å². The van der Waals surface area contributed by atoms with Gasteiger partial charge in [0.25, 0.3) is 5.88 Å². The largest absolute Gasteiger partial charge is 0.495 e. The van der Waals surface area contributed by atoms with E-state index in [1.54, 1.807) is 18.2 Å². The Morgan fingerprint density at radius 2 is 2.06 bits per heavy atom. The first-order chi connectivity index (χ1) is 8.74. The Balaban J connectivity index is 2.29. The van der Waals surface area contributed by atoms with Crippen molar-refractivity contribution in [3.8, 4) is 23.4 Å². The van der Waals surface area contributed by atoms with Crippen molar-refractivity contribution in [3.05, 3.63) is 36.3 Å².